The van der Waals surface area contributed by atoms with Gasteiger partial charge in [0.05, 0.1) is 27.9 Å². The number of nitrogens with two attached hydrogens (primary N) is 1. The SMILES string of the molecule is Cc1ncnc2c1ccn2[C@@H]1C[C@@H]2[C@H](Cc3ccc4cc(Cl)c(N)nc4c3)CC[C@]2(O)[C@H]1O. The molecule has 6 rings (SSSR count). The summed E-state index contributed by atoms with van der Waals surface area (Å²) in [6, 6.07) is 9.78. The second-order valence-electron chi connectivity index (χ2n) is 9.65. The number of nitrogens with zero attached hydrogens (tertiary/aromatic N) is 4. The Kier molecular flexibility index (Phi) is 4.66. The fourth-order valence-electron chi connectivity index (χ4n) is 6.20. The zero-order valence-corrected chi connectivity index (χ0v) is 19.1. The van der Waals surface area contributed by atoms with Gasteiger partial charge in [-0.15, -0.1) is 0 Å². The van der Waals surface area contributed by atoms with Crippen LogP contribution in [0.25, 0.3) is 21.9 Å². The zero-order chi connectivity index (χ0) is 22.9. The molecule has 4 N–H and O–H groups in total. The summed E-state index contributed by atoms with van der Waals surface area (Å²) >= 11 is 6.11. The van der Waals surface area contributed by atoms with Crippen LogP contribution < -0.4 is 5.73 Å². The summed E-state index contributed by atoms with van der Waals surface area (Å²) in [5.41, 5.74) is 8.51. The molecule has 8 heteroatoms. The van der Waals surface area contributed by atoms with Gasteiger partial charge in [0.2, 0.25) is 0 Å². The Bertz CT molecular complexity index is 1390. The summed E-state index contributed by atoms with van der Waals surface area (Å²) in [7, 11) is 0. The summed E-state index contributed by atoms with van der Waals surface area (Å²) < 4.78 is 2.02. The summed E-state index contributed by atoms with van der Waals surface area (Å²) in [6.45, 7) is 1.96. The number of hydrogen-bond donors (Lipinski definition) is 3. The molecule has 0 bridgehead atoms. The van der Waals surface area contributed by atoms with E-state index in [2.05, 4.69) is 27.1 Å². The van der Waals surface area contributed by atoms with Crippen molar-refractivity contribution >= 4 is 39.4 Å². The molecule has 3 heterocycles. The number of hydrogen-bond acceptors (Lipinski definition) is 6. The van der Waals surface area contributed by atoms with Gasteiger partial charge in [-0.3, -0.25) is 0 Å². The fraction of sp³-hybridized carbons (Fsp3) is 0.400. The first kappa shape index (κ1) is 20.8. The van der Waals surface area contributed by atoms with E-state index in [1.807, 2.05) is 35.9 Å². The highest BCUT2D eigenvalue weighted by Gasteiger charge is 2.59. The van der Waals surface area contributed by atoms with Gasteiger partial charge in [-0.05, 0) is 68.2 Å². The van der Waals surface area contributed by atoms with Crippen LogP contribution in [0.4, 0.5) is 5.82 Å². The molecule has 33 heavy (non-hydrogen) atoms. The van der Waals surface area contributed by atoms with Gasteiger partial charge in [0.15, 0.2) is 0 Å². The van der Waals surface area contributed by atoms with Crippen molar-refractivity contribution in [1.82, 2.24) is 19.5 Å². The van der Waals surface area contributed by atoms with E-state index in [0.29, 0.717) is 23.7 Å². The lowest BCUT2D eigenvalue weighted by Gasteiger charge is -2.29. The number of rotatable bonds is 3. The molecule has 7 nitrogen and oxygen atoms in total. The van der Waals surface area contributed by atoms with E-state index in [-0.39, 0.29) is 17.9 Å². The molecule has 0 unspecified atom stereocenters. The number of benzene rings is 1. The van der Waals surface area contributed by atoms with Crippen molar-refractivity contribution in [3.05, 3.63) is 59.1 Å². The quantitative estimate of drug-likeness (QED) is 0.426. The molecule has 0 spiro atoms. The molecular weight excluding hydrogens is 438 g/mol. The van der Waals surface area contributed by atoms with Gasteiger partial charge in [0, 0.05) is 17.0 Å². The van der Waals surface area contributed by atoms with Crippen LogP contribution in [0.2, 0.25) is 5.02 Å². The first-order chi connectivity index (χ1) is 15.8. The van der Waals surface area contributed by atoms with Crippen LogP contribution >= 0.6 is 11.6 Å². The van der Waals surface area contributed by atoms with Crippen LogP contribution in [0.5, 0.6) is 0 Å². The number of halogens is 1. The van der Waals surface area contributed by atoms with Crippen molar-refractivity contribution < 1.29 is 10.2 Å². The Morgan fingerprint density at radius 2 is 2.09 bits per heavy atom. The van der Waals surface area contributed by atoms with Gasteiger partial charge < -0.3 is 20.5 Å². The van der Waals surface area contributed by atoms with Crippen LogP contribution in [0.1, 0.15) is 36.6 Å². The third-order valence-corrected chi connectivity index (χ3v) is 8.23. The first-order valence-corrected chi connectivity index (χ1v) is 11.8. The highest BCUT2D eigenvalue weighted by Crippen LogP contribution is 2.55. The number of aromatic nitrogens is 4. The highest BCUT2D eigenvalue weighted by atomic mass is 35.5. The van der Waals surface area contributed by atoms with Gasteiger partial charge in [-0.1, -0.05) is 23.7 Å². The van der Waals surface area contributed by atoms with Crippen molar-refractivity contribution in [2.75, 3.05) is 5.73 Å². The molecule has 0 saturated heterocycles. The van der Waals surface area contributed by atoms with E-state index < -0.39 is 11.7 Å². The predicted molar refractivity (Wildman–Crippen MR) is 128 cm³/mol. The lowest BCUT2D eigenvalue weighted by atomic mass is 9.84. The van der Waals surface area contributed by atoms with E-state index >= 15 is 0 Å². The predicted octanol–water partition coefficient (Wildman–Crippen LogP) is 3.83. The molecule has 1 aromatic carbocycles. The van der Waals surface area contributed by atoms with Crippen LogP contribution in [-0.4, -0.2) is 41.4 Å². The zero-order valence-electron chi connectivity index (χ0n) is 18.3. The third kappa shape index (κ3) is 3.14. The molecule has 0 amide bonds. The maximum absolute atomic E-state index is 11.5. The maximum atomic E-state index is 11.5. The largest absolute Gasteiger partial charge is 0.388 e. The van der Waals surface area contributed by atoms with Gasteiger partial charge in [-0.25, -0.2) is 15.0 Å². The first-order valence-electron chi connectivity index (χ1n) is 11.4. The number of pyridine rings is 1. The maximum Gasteiger partial charge on any atom is 0.143 e. The molecule has 3 aromatic heterocycles. The smallest absolute Gasteiger partial charge is 0.143 e. The second-order valence-corrected chi connectivity index (χ2v) is 10.1. The van der Waals surface area contributed by atoms with Crippen molar-refractivity contribution in [2.24, 2.45) is 11.8 Å². The Hall–Kier alpha value is -2.74. The number of anilines is 1. The van der Waals surface area contributed by atoms with Crippen LogP contribution in [0.15, 0.2) is 42.9 Å². The van der Waals surface area contributed by atoms with E-state index in [1.54, 1.807) is 6.33 Å². The van der Waals surface area contributed by atoms with Crippen molar-refractivity contribution in [3.63, 3.8) is 0 Å². The van der Waals surface area contributed by atoms with E-state index in [9.17, 15) is 10.2 Å². The topological polar surface area (TPSA) is 110 Å². The number of aliphatic hydroxyl groups excluding tert-OH is 1. The average Bonchev–Trinajstić information content (AvgIpc) is 3.42. The molecule has 2 aliphatic rings. The Balaban J connectivity index is 1.29. The summed E-state index contributed by atoms with van der Waals surface area (Å²) in [5, 5.41) is 25.2. The molecule has 0 aliphatic heterocycles. The van der Waals surface area contributed by atoms with E-state index in [0.717, 1.165) is 46.0 Å². The van der Waals surface area contributed by atoms with Gasteiger partial charge in [0.1, 0.15) is 23.9 Å². The normalized spacial score (nSPS) is 29.2. The summed E-state index contributed by atoms with van der Waals surface area (Å²) in [4.78, 5) is 13.2. The number of nitrogen functional groups attached to an aromatic ring is 1. The van der Waals surface area contributed by atoms with Crippen LogP contribution in [-0.2, 0) is 6.42 Å². The summed E-state index contributed by atoms with van der Waals surface area (Å²) in [5.74, 6) is 0.614. The molecule has 4 aromatic rings. The molecule has 0 radical (unpaired) electrons. The van der Waals surface area contributed by atoms with Crippen LogP contribution in [0, 0.1) is 18.8 Å². The lowest BCUT2D eigenvalue weighted by Crippen LogP contribution is -2.42. The number of aliphatic hydroxyl groups is 2. The number of aryl methyl sites for hydroxylation is 1. The van der Waals surface area contributed by atoms with Gasteiger partial charge >= 0.3 is 0 Å². The molecular formula is C25H26ClN5O2. The Morgan fingerprint density at radius 3 is 2.94 bits per heavy atom. The third-order valence-electron chi connectivity index (χ3n) is 7.93. The molecule has 2 saturated carbocycles. The minimum Gasteiger partial charge on any atom is -0.388 e. The average molecular weight is 464 g/mol. The molecule has 170 valence electrons. The highest BCUT2D eigenvalue weighted by molar-refractivity contribution is 6.33. The minimum absolute atomic E-state index is 0.0110. The van der Waals surface area contributed by atoms with Gasteiger partial charge in [0.25, 0.3) is 0 Å². The summed E-state index contributed by atoms with van der Waals surface area (Å²) in [6.07, 6.45) is 5.70. The van der Waals surface area contributed by atoms with E-state index in [4.69, 9.17) is 17.3 Å². The van der Waals surface area contributed by atoms with Gasteiger partial charge in [-0.2, -0.15) is 0 Å². The molecule has 2 aliphatic carbocycles. The fourth-order valence-corrected chi connectivity index (χ4v) is 6.36. The Labute approximate surface area is 196 Å². The second kappa shape index (κ2) is 7.38. The lowest BCUT2D eigenvalue weighted by molar-refractivity contribution is -0.0799. The van der Waals surface area contributed by atoms with Crippen molar-refractivity contribution in [1.29, 1.82) is 0 Å². The minimum atomic E-state index is -1.08. The van der Waals surface area contributed by atoms with Crippen molar-refractivity contribution in [2.45, 2.75) is 50.4 Å². The van der Waals surface area contributed by atoms with Crippen LogP contribution in [0.3, 0.4) is 0 Å². The number of fused-ring (bicyclic) bond motifs is 3. The standard InChI is InChI=1S/C25H26ClN5O2/c1-13-17-5-7-31(24(17)29-12-28-13)21-11-18-15(4-6-25(18,33)22(21)32)8-14-2-3-16-10-19(26)23(27)30-20(16)9-14/h2-3,5,7,9-10,12,15,18,21-22,32-33H,4,6,8,11H2,1H3,(H2,27,30)/t15-,18+,21+,22-,25+/m0/s1. The molecule has 5 atom stereocenters. The monoisotopic (exact) mass is 463 g/mol. The van der Waals surface area contributed by atoms with E-state index in [1.165, 1.54) is 0 Å². The Morgan fingerprint density at radius 1 is 1.24 bits per heavy atom. The van der Waals surface area contributed by atoms with Crippen molar-refractivity contribution in [3.8, 4) is 0 Å². The molecule has 2 fully saturated rings.